The summed E-state index contributed by atoms with van der Waals surface area (Å²) in [5.74, 6) is 0.259. The normalized spacial score (nSPS) is 11.2. The molecule has 2 heterocycles. The van der Waals surface area contributed by atoms with E-state index < -0.39 is 0 Å². The maximum absolute atomic E-state index is 12.6. The Bertz CT molecular complexity index is 830. The van der Waals surface area contributed by atoms with Gasteiger partial charge in [0.25, 0.3) is 0 Å². The fourth-order valence-corrected chi connectivity index (χ4v) is 2.70. The molecule has 102 valence electrons. The van der Waals surface area contributed by atoms with Gasteiger partial charge in [-0.05, 0) is 32.0 Å². The highest BCUT2D eigenvalue weighted by molar-refractivity contribution is 9.10. The molecule has 0 radical (unpaired) electrons. The van der Waals surface area contributed by atoms with Gasteiger partial charge in [0.15, 0.2) is 5.76 Å². The SMILES string of the molecule is Cc1nn(C)cc1C(=O)c1oc2cc(Br)ccc2c1C. The zero-order valence-electron chi connectivity index (χ0n) is 11.4. The number of ketones is 1. The molecule has 1 aromatic carbocycles. The minimum Gasteiger partial charge on any atom is -0.452 e. The first kappa shape index (κ1) is 13.1. The standard InChI is InChI=1S/C15H13BrN2O2/c1-8-11-5-4-10(16)6-13(11)20-15(8)14(19)12-7-18(3)17-9(12)2/h4-7H,1-3H3. The van der Waals surface area contributed by atoms with Crippen LogP contribution in [0.4, 0.5) is 0 Å². The average molecular weight is 333 g/mol. The van der Waals surface area contributed by atoms with Gasteiger partial charge in [0.05, 0.1) is 11.3 Å². The van der Waals surface area contributed by atoms with Crippen molar-refractivity contribution in [2.24, 2.45) is 7.05 Å². The molecule has 0 saturated heterocycles. The highest BCUT2D eigenvalue weighted by atomic mass is 79.9. The second kappa shape index (κ2) is 4.59. The number of hydrogen-bond donors (Lipinski definition) is 0. The van der Waals surface area contributed by atoms with Crippen LogP contribution < -0.4 is 0 Å². The number of fused-ring (bicyclic) bond motifs is 1. The molecule has 5 heteroatoms. The van der Waals surface area contributed by atoms with Crippen molar-refractivity contribution in [1.82, 2.24) is 9.78 Å². The molecule has 0 unspecified atom stereocenters. The first-order valence-corrected chi connectivity index (χ1v) is 7.00. The number of aryl methyl sites for hydroxylation is 3. The van der Waals surface area contributed by atoms with Gasteiger partial charge in [0, 0.05) is 28.7 Å². The molecule has 3 rings (SSSR count). The number of benzene rings is 1. The Morgan fingerprint density at radius 1 is 1.35 bits per heavy atom. The zero-order valence-corrected chi connectivity index (χ0v) is 13.0. The van der Waals surface area contributed by atoms with E-state index >= 15 is 0 Å². The second-order valence-electron chi connectivity index (χ2n) is 4.83. The summed E-state index contributed by atoms with van der Waals surface area (Å²) in [6.07, 6.45) is 1.72. The third-order valence-corrected chi connectivity index (χ3v) is 3.86. The Morgan fingerprint density at radius 3 is 2.75 bits per heavy atom. The predicted octanol–water partition coefficient (Wildman–Crippen LogP) is 3.78. The fourth-order valence-electron chi connectivity index (χ4n) is 2.36. The summed E-state index contributed by atoms with van der Waals surface area (Å²) >= 11 is 3.40. The third-order valence-electron chi connectivity index (χ3n) is 3.36. The molecule has 0 aliphatic heterocycles. The Hall–Kier alpha value is -1.88. The van der Waals surface area contributed by atoms with E-state index in [1.807, 2.05) is 32.0 Å². The lowest BCUT2D eigenvalue weighted by molar-refractivity contribution is 0.101. The van der Waals surface area contributed by atoms with Gasteiger partial charge in [-0.15, -0.1) is 0 Å². The van der Waals surface area contributed by atoms with Gasteiger partial charge < -0.3 is 4.42 Å². The Labute approximate surface area is 124 Å². The van der Waals surface area contributed by atoms with E-state index in [2.05, 4.69) is 21.0 Å². The predicted molar refractivity (Wildman–Crippen MR) is 80.0 cm³/mol. The van der Waals surface area contributed by atoms with Crippen LogP contribution in [0.25, 0.3) is 11.0 Å². The summed E-state index contributed by atoms with van der Waals surface area (Å²) in [6.45, 7) is 3.72. The van der Waals surface area contributed by atoms with E-state index in [1.54, 1.807) is 17.9 Å². The van der Waals surface area contributed by atoms with Gasteiger partial charge in [-0.25, -0.2) is 0 Å². The second-order valence-corrected chi connectivity index (χ2v) is 5.74. The lowest BCUT2D eigenvalue weighted by Gasteiger charge is -1.96. The Kier molecular flexibility index (Phi) is 3.01. The van der Waals surface area contributed by atoms with E-state index in [0.29, 0.717) is 22.6 Å². The van der Waals surface area contributed by atoms with Gasteiger partial charge in [-0.3, -0.25) is 9.48 Å². The largest absolute Gasteiger partial charge is 0.452 e. The average Bonchev–Trinajstić information content (AvgIpc) is 2.89. The summed E-state index contributed by atoms with van der Waals surface area (Å²) in [5, 5.41) is 5.16. The molecular weight excluding hydrogens is 320 g/mol. The van der Waals surface area contributed by atoms with E-state index in [4.69, 9.17) is 4.42 Å². The quantitative estimate of drug-likeness (QED) is 0.671. The van der Waals surface area contributed by atoms with E-state index in [-0.39, 0.29) is 5.78 Å². The number of carbonyl (C=O) groups is 1. The van der Waals surface area contributed by atoms with Crippen molar-refractivity contribution in [1.29, 1.82) is 0 Å². The first-order chi connectivity index (χ1) is 9.47. The Balaban J connectivity index is 2.17. The van der Waals surface area contributed by atoms with Crippen molar-refractivity contribution < 1.29 is 9.21 Å². The number of aromatic nitrogens is 2. The number of furan rings is 1. The van der Waals surface area contributed by atoms with Gasteiger partial charge in [-0.1, -0.05) is 15.9 Å². The molecule has 0 aliphatic rings. The maximum atomic E-state index is 12.6. The molecule has 4 nitrogen and oxygen atoms in total. The molecule has 0 spiro atoms. The van der Waals surface area contributed by atoms with E-state index in [1.165, 1.54) is 0 Å². The summed E-state index contributed by atoms with van der Waals surface area (Å²) in [6, 6.07) is 5.76. The van der Waals surface area contributed by atoms with E-state index in [9.17, 15) is 4.79 Å². The van der Waals surface area contributed by atoms with Crippen LogP contribution in [-0.2, 0) is 7.05 Å². The van der Waals surface area contributed by atoms with Crippen molar-refractivity contribution in [3.63, 3.8) is 0 Å². The summed E-state index contributed by atoms with van der Waals surface area (Å²) < 4.78 is 8.31. The van der Waals surface area contributed by atoms with Crippen LogP contribution in [0.2, 0.25) is 0 Å². The number of nitrogens with zero attached hydrogens (tertiary/aromatic N) is 2. The topological polar surface area (TPSA) is 48.0 Å². The zero-order chi connectivity index (χ0) is 14.4. The van der Waals surface area contributed by atoms with Crippen molar-refractivity contribution in [2.75, 3.05) is 0 Å². The lowest BCUT2D eigenvalue weighted by Crippen LogP contribution is -2.02. The minimum atomic E-state index is -0.125. The molecule has 2 aromatic heterocycles. The number of hydrogen-bond acceptors (Lipinski definition) is 3. The van der Waals surface area contributed by atoms with Crippen LogP contribution in [0.15, 0.2) is 33.3 Å². The van der Waals surface area contributed by atoms with Crippen LogP contribution in [-0.4, -0.2) is 15.6 Å². The molecule has 20 heavy (non-hydrogen) atoms. The molecule has 0 fully saturated rings. The minimum absolute atomic E-state index is 0.125. The summed E-state index contributed by atoms with van der Waals surface area (Å²) in [4.78, 5) is 12.6. The first-order valence-electron chi connectivity index (χ1n) is 6.21. The van der Waals surface area contributed by atoms with Gasteiger partial charge in [0.1, 0.15) is 5.58 Å². The fraction of sp³-hybridized carbons (Fsp3) is 0.200. The van der Waals surface area contributed by atoms with Gasteiger partial charge in [-0.2, -0.15) is 5.10 Å². The summed E-state index contributed by atoms with van der Waals surface area (Å²) in [7, 11) is 1.80. The van der Waals surface area contributed by atoms with Crippen LogP contribution in [0.5, 0.6) is 0 Å². The molecule has 0 aliphatic carbocycles. The molecular formula is C15H13BrN2O2. The number of carbonyl (C=O) groups excluding carboxylic acids is 1. The lowest BCUT2D eigenvalue weighted by atomic mass is 10.1. The van der Waals surface area contributed by atoms with Gasteiger partial charge in [0.2, 0.25) is 5.78 Å². The van der Waals surface area contributed by atoms with E-state index in [0.717, 1.165) is 15.4 Å². The van der Waals surface area contributed by atoms with Gasteiger partial charge >= 0.3 is 0 Å². The molecule has 0 N–H and O–H groups in total. The third kappa shape index (κ3) is 1.98. The van der Waals surface area contributed by atoms with Crippen LogP contribution in [0, 0.1) is 13.8 Å². The van der Waals surface area contributed by atoms with Crippen molar-refractivity contribution >= 4 is 32.7 Å². The van der Waals surface area contributed by atoms with Crippen molar-refractivity contribution in [3.8, 4) is 0 Å². The van der Waals surface area contributed by atoms with Crippen molar-refractivity contribution in [2.45, 2.75) is 13.8 Å². The smallest absolute Gasteiger partial charge is 0.231 e. The van der Waals surface area contributed by atoms with Crippen LogP contribution in [0.1, 0.15) is 27.4 Å². The molecule has 0 atom stereocenters. The monoisotopic (exact) mass is 332 g/mol. The highest BCUT2D eigenvalue weighted by Crippen LogP contribution is 2.29. The Morgan fingerprint density at radius 2 is 2.10 bits per heavy atom. The summed E-state index contributed by atoms with van der Waals surface area (Å²) in [5.41, 5.74) is 2.86. The molecule has 0 bridgehead atoms. The maximum Gasteiger partial charge on any atom is 0.231 e. The number of rotatable bonds is 2. The molecule has 0 saturated carbocycles. The van der Waals surface area contributed by atoms with Crippen LogP contribution in [0.3, 0.4) is 0 Å². The van der Waals surface area contributed by atoms with Crippen LogP contribution >= 0.6 is 15.9 Å². The number of halogens is 1. The van der Waals surface area contributed by atoms with Crippen molar-refractivity contribution in [3.05, 3.63) is 51.4 Å². The highest BCUT2D eigenvalue weighted by Gasteiger charge is 2.22. The molecule has 3 aromatic rings. The molecule has 0 amide bonds.